The molecule has 1 aliphatic rings. The second-order valence-electron chi connectivity index (χ2n) is 3.33. The van der Waals surface area contributed by atoms with E-state index in [4.69, 9.17) is 11.6 Å². The fraction of sp³-hybridized carbons (Fsp3) is 1.00. The van der Waals surface area contributed by atoms with Crippen molar-refractivity contribution in [3.05, 3.63) is 0 Å². The van der Waals surface area contributed by atoms with E-state index in [1.807, 2.05) is 0 Å². The molecule has 66 valence electrons. The van der Waals surface area contributed by atoms with Gasteiger partial charge in [-0.1, -0.05) is 25.7 Å². The van der Waals surface area contributed by atoms with Crippen LogP contribution in [0.25, 0.3) is 0 Å². The average molecular weight is 176 g/mol. The van der Waals surface area contributed by atoms with Gasteiger partial charge in [0.15, 0.2) is 0 Å². The molecule has 2 heteroatoms. The molecule has 1 rings (SSSR count). The second kappa shape index (κ2) is 5.84. The van der Waals surface area contributed by atoms with E-state index in [2.05, 4.69) is 5.32 Å². The van der Waals surface area contributed by atoms with Crippen LogP contribution in [0.3, 0.4) is 0 Å². The third kappa shape index (κ3) is 3.97. The Balaban J connectivity index is 2.09. The molecular weight excluding hydrogens is 158 g/mol. The summed E-state index contributed by atoms with van der Waals surface area (Å²) in [6.45, 7) is 0.978. The van der Waals surface area contributed by atoms with Gasteiger partial charge in [-0.25, -0.2) is 0 Å². The molecule has 11 heavy (non-hydrogen) atoms. The highest BCUT2D eigenvalue weighted by Gasteiger charge is 2.09. The summed E-state index contributed by atoms with van der Waals surface area (Å²) in [5, 5.41) is 3.48. The lowest BCUT2D eigenvalue weighted by atomic mass is 10.1. The van der Waals surface area contributed by atoms with Crippen molar-refractivity contribution in [2.45, 2.75) is 44.6 Å². The first-order valence-corrected chi connectivity index (χ1v) is 5.26. The quantitative estimate of drug-likeness (QED) is 0.514. The summed E-state index contributed by atoms with van der Waals surface area (Å²) in [4.78, 5) is 0. The molecule has 0 aliphatic heterocycles. The molecule has 0 aromatic rings. The third-order valence-corrected chi connectivity index (χ3v) is 2.57. The largest absolute Gasteiger partial charge is 0.313 e. The molecule has 0 unspecified atom stereocenters. The van der Waals surface area contributed by atoms with Crippen molar-refractivity contribution in [2.24, 2.45) is 0 Å². The average Bonchev–Trinajstić information content (AvgIpc) is 2.28. The van der Waals surface area contributed by atoms with Crippen molar-refractivity contribution in [3.63, 3.8) is 0 Å². The Morgan fingerprint density at radius 1 is 1.09 bits per heavy atom. The van der Waals surface area contributed by atoms with E-state index in [1.165, 1.54) is 38.5 Å². The number of halogens is 1. The molecular formula is C9H18ClN. The standard InChI is InChI=1S/C9H18ClN/c10-7-8-11-9-5-3-1-2-4-6-9/h9,11H,1-8H2. The Morgan fingerprint density at radius 2 is 1.73 bits per heavy atom. The molecule has 0 heterocycles. The summed E-state index contributed by atoms with van der Waals surface area (Å²) in [5.74, 6) is 0.747. The van der Waals surface area contributed by atoms with Crippen molar-refractivity contribution in [2.75, 3.05) is 12.4 Å². The van der Waals surface area contributed by atoms with E-state index in [0.717, 1.165) is 18.5 Å². The third-order valence-electron chi connectivity index (χ3n) is 2.38. The first kappa shape index (κ1) is 9.34. The molecule has 0 spiro atoms. The first-order valence-electron chi connectivity index (χ1n) is 4.73. The Bertz CT molecular complexity index is 87.6. The number of alkyl halides is 1. The number of rotatable bonds is 3. The number of hydrogen-bond acceptors (Lipinski definition) is 1. The highest BCUT2D eigenvalue weighted by Crippen LogP contribution is 2.16. The minimum atomic E-state index is 0.747. The van der Waals surface area contributed by atoms with Crippen LogP contribution >= 0.6 is 11.6 Å². The van der Waals surface area contributed by atoms with Gasteiger partial charge in [-0.15, -0.1) is 11.6 Å². The monoisotopic (exact) mass is 175 g/mol. The predicted octanol–water partition coefficient (Wildman–Crippen LogP) is 2.54. The Hall–Kier alpha value is 0.250. The summed E-state index contributed by atoms with van der Waals surface area (Å²) in [6, 6.07) is 0.760. The number of nitrogens with one attached hydrogen (secondary N) is 1. The maximum atomic E-state index is 5.60. The van der Waals surface area contributed by atoms with Crippen molar-refractivity contribution in [1.29, 1.82) is 0 Å². The molecule has 0 radical (unpaired) electrons. The van der Waals surface area contributed by atoms with Crippen LogP contribution in [0.2, 0.25) is 0 Å². The fourth-order valence-corrected chi connectivity index (χ4v) is 1.85. The normalized spacial score (nSPS) is 21.5. The highest BCUT2D eigenvalue weighted by atomic mass is 35.5. The fourth-order valence-electron chi connectivity index (χ4n) is 1.74. The van der Waals surface area contributed by atoms with Crippen LogP contribution in [0, 0.1) is 0 Å². The molecule has 1 aliphatic carbocycles. The minimum Gasteiger partial charge on any atom is -0.313 e. The summed E-state index contributed by atoms with van der Waals surface area (Å²) < 4.78 is 0. The van der Waals surface area contributed by atoms with E-state index in [1.54, 1.807) is 0 Å². The van der Waals surface area contributed by atoms with Crippen molar-refractivity contribution in [1.82, 2.24) is 5.32 Å². The summed E-state index contributed by atoms with van der Waals surface area (Å²) in [7, 11) is 0. The van der Waals surface area contributed by atoms with Crippen LogP contribution in [-0.4, -0.2) is 18.5 Å². The molecule has 0 amide bonds. The van der Waals surface area contributed by atoms with Crippen LogP contribution in [0.15, 0.2) is 0 Å². The lowest BCUT2D eigenvalue weighted by Crippen LogP contribution is -2.29. The van der Waals surface area contributed by atoms with Gasteiger partial charge < -0.3 is 5.32 Å². The van der Waals surface area contributed by atoms with Crippen LogP contribution in [0.4, 0.5) is 0 Å². The zero-order chi connectivity index (χ0) is 7.94. The van der Waals surface area contributed by atoms with Crippen LogP contribution < -0.4 is 5.32 Å². The van der Waals surface area contributed by atoms with E-state index in [0.29, 0.717) is 0 Å². The van der Waals surface area contributed by atoms with Gasteiger partial charge in [0.1, 0.15) is 0 Å². The molecule has 0 saturated heterocycles. The van der Waals surface area contributed by atoms with E-state index in [9.17, 15) is 0 Å². The Morgan fingerprint density at radius 3 is 2.27 bits per heavy atom. The van der Waals surface area contributed by atoms with Crippen LogP contribution in [0.5, 0.6) is 0 Å². The SMILES string of the molecule is ClCCNC1CCCCCC1. The molecule has 0 aromatic heterocycles. The smallest absolute Gasteiger partial charge is 0.0348 e. The van der Waals surface area contributed by atoms with E-state index >= 15 is 0 Å². The van der Waals surface area contributed by atoms with Crippen molar-refractivity contribution in [3.8, 4) is 0 Å². The summed E-state index contributed by atoms with van der Waals surface area (Å²) in [5.41, 5.74) is 0. The lowest BCUT2D eigenvalue weighted by molar-refractivity contribution is 0.473. The van der Waals surface area contributed by atoms with Gasteiger partial charge in [-0.2, -0.15) is 0 Å². The second-order valence-corrected chi connectivity index (χ2v) is 3.71. The molecule has 1 N–H and O–H groups in total. The van der Waals surface area contributed by atoms with Crippen molar-refractivity contribution >= 4 is 11.6 Å². The predicted molar refractivity (Wildman–Crippen MR) is 50.2 cm³/mol. The minimum absolute atomic E-state index is 0.747. The van der Waals surface area contributed by atoms with Gasteiger partial charge in [0.05, 0.1) is 0 Å². The maximum Gasteiger partial charge on any atom is 0.0348 e. The Kier molecular flexibility index (Phi) is 4.96. The molecule has 1 saturated carbocycles. The maximum absolute atomic E-state index is 5.60. The van der Waals surface area contributed by atoms with Gasteiger partial charge in [-0.05, 0) is 12.8 Å². The van der Waals surface area contributed by atoms with Crippen LogP contribution in [-0.2, 0) is 0 Å². The highest BCUT2D eigenvalue weighted by molar-refractivity contribution is 6.18. The van der Waals surface area contributed by atoms with Gasteiger partial charge >= 0.3 is 0 Å². The first-order chi connectivity index (χ1) is 5.43. The molecule has 1 nitrogen and oxygen atoms in total. The molecule has 1 fully saturated rings. The van der Waals surface area contributed by atoms with Gasteiger partial charge in [0.25, 0.3) is 0 Å². The van der Waals surface area contributed by atoms with E-state index in [-0.39, 0.29) is 0 Å². The van der Waals surface area contributed by atoms with E-state index < -0.39 is 0 Å². The van der Waals surface area contributed by atoms with Crippen LogP contribution in [0.1, 0.15) is 38.5 Å². The number of hydrogen-bond donors (Lipinski definition) is 1. The van der Waals surface area contributed by atoms with Gasteiger partial charge in [0, 0.05) is 18.5 Å². The summed E-state index contributed by atoms with van der Waals surface area (Å²) in [6.07, 6.45) is 8.38. The lowest BCUT2D eigenvalue weighted by Gasteiger charge is -2.14. The van der Waals surface area contributed by atoms with Crippen molar-refractivity contribution < 1.29 is 0 Å². The molecule has 0 aromatic carbocycles. The topological polar surface area (TPSA) is 12.0 Å². The zero-order valence-corrected chi connectivity index (χ0v) is 7.87. The zero-order valence-electron chi connectivity index (χ0n) is 7.11. The summed E-state index contributed by atoms with van der Waals surface area (Å²) >= 11 is 5.60. The molecule has 0 atom stereocenters. The molecule has 0 bridgehead atoms. The van der Waals surface area contributed by atoms with Gasteiger partial charge in [-0.3, -0.25) is 0 Å². The van der Waals surface area contributed by atoms with Gasteiger partial charge in [0.2, 0.25) is 0 Å². The Labute approximate surface area is 74.5 Å².